The Kier molecular flexibility index (Phi) is 57.1. The number of rotatable bonds is 62. The highest BCUT2D eigenvalue weighted by Crippen LogP contribution is 2.38. The number of hydrogen-bond donors (Lipinski definition) is 1. The van der Waals surface area contributed by atoms with E-state index in [0.29, 0.717) is 17.4 Å². The second-order valence-electron chi connectivity index (χ2n) is 24.3. The van der Waals surface area contributed by atoms with E-state index < -0.39 is 20.0 Å². The molecule has 0 aliphatic heterocycles. The Morgan fingerprint density at radius 3 is 1.22 bits per heavy atom. The summed E-state index contributed by atoms with van der Waals surface area (Å²) in [4.78, 5) is 40.1. The molecule has 1 amide bonds. The zero-order chi connectivity index (χ0) is 57.2. The van der Waals surface area contributed by atoms with Crippen LogP contribution in [0.15, 0.2) is 36.5 Å². The third kappa shape index (κ3) is 58.9. The third-order valence-corrected chi connectivity index (χ3v) is 16.3. The predicted octanol–water partition coefficient (Wildman–Crippen LogP) is 20.4. The first-order valence-corrected chi connectivity index (χ1v) is 35.3. The van der Waals surface area contributed by atoms with Crippen LogP contribution in [0.4, 0.5) is 0 Å². The highest BCUT2D eigenvalue weighted by Gasteiger charge is 2.27. The molecule has 0 aliphatic carbocycles. The zero-order valence-electron chi connectivity index (χ0n) is 52.6. The lowest BCUT2D eigenvalue weighted by molar-refractivity contribution is -0.870. The molecule has 0 fully saturated rings. The molecule has 0 heterocycles. The molecule has 0 aliphatic rings. The first kappa shape index (κ1) is 76.2. The summed E-state index contributed by atoms with van der Waals surface area (Å²) in [6, 6.07) is -0.889. The van der Waals surface area contributed by atoms with Gasteiger partial charge in [-0.2, -0.15) is 0 Å². The van der Waals surface area contributed by atoms with E-state index in [9.17, 15) is 19.0 Å². The molecule has 10 heteroatoms. The number of carbonyl (C=O) groups excluding carboxylic acids is 2. The Morgan fingerprint density at radius 2 is 0.821 bits per heavy atom. The summed E-state index contributed by atoms with van der Waals surface area (Å²) in [7, 11) is 1.19. The summed E-state index contributed by atoms with van der Waals surface area (Å²) < 4.78 is 30.4. The Hall–Kier alpha value is -1.77. The van der Waals surface area contributed by atoms with E-state index in [-0.39, 0.29) is 31.5 Å². The van der Waals surface area contributed by atoms with E-state index in [1.54, 1.807) is 0 Å². The van der Waals surface area contributed by atoms with Crippen LogP contribution >= 0.6 is 7.82 Å². The number of quaternary nitrogens is 1. The number of nitrogens with one attached hydrogen (secondary N) is 1. The molecule has 9 nitrogen and oxygen atoms in total. The van der Waals surface area contributed by atoms with Crippen LogP contribution in [0.25, 0.3) is 0 Å². The highest BCUT2D eigenvalue weighted by molar-refractivity contribution is 7.45. The van der Waals surface area contributed by atoms with Crippen molar-refractivity contribution in [3.63, 3.8) is 0 Å². The van der Waals surface area contributed by atoms with Crippen molar-refractivity contribution in [2.24, 2.45) is 0 Å². The third-order valence-electron chi connectivity index (χ3n) is 15.3. The summed E-state index contributed by atoms with van der Waals surface area (Å²) in [5, 5.41) is 3.03. The molecule has 0 rings (SSSR count). The average molecular weight is 1120 g/mol. The number of hydrogen-bond acceptors (Lipinski definition) is 7. The maximum absolute atomic E-state index is 13.5. The fourth-order valence-corrected chi connectivity index (χ4v) is 10.9. The first-order chi connectivity index (χ1) is 37.9. The van der Waals surface area contributed by atoms with Gasteiger partial charge in [0.1, 0.15) is 19.3 Å². The van der Waals surface area contributed by atoms with Crippen molar-refractivity contribution in [1.82, 2.24) is 5.32 Å². The largest absolute Gasteiger partial charge is 0.756 e. The number of unbranched alkanes of at least 4 members (excludes halogenated alkanes) is 42. The Morgan fingerprint density at radius 1 is 0.462 bits per heavy atom. The number of phosphoric ester groups is 1. The van der Waals surface area contributed by atoms with Crippen molar-refractivity contribution in [1.29, 1.82) is 0 Å². The molecule has 3 unspecified atom stereocenters. The van der Waals surface area contributed by atoms with Crippen LogP contribution < -0.4 is 10.2 Å². The van der Waals surface area contributed by atoms with Crippen LogP contribution in [0.3, 0.4) is 0 Å². The molecule has 0 aromatic carbocycles. The molecular weight excluding hydrogens is 988 g/mol. The molecule has 0 spiro atoms. The van der Waals surface area contributed by atoms with Gasteiger partial charge < -0.3 is 28.5 Å². The molecule has 0 aromatic heterocycles. The summed E-state index contributed by atoms with van der Waals surface area (Å²) in [6.07, 6.45) is 71.3. The molecule has 3 atom stereocenters. The smallest absolute Gasteiger partial charge is 0.306 e. The average Bonchev–Trinajstić information content (AvgIpc) is 3.40. The van der Waals surface area contributed by atoms with Crippen molar-refractivity contribution >= 4 is 19.7 Å². The molecule has 1 N–H and O–H groups in total. The SMILES string of the molecule is CC/C=C/C/C=C/CCCCCCCCCC(=O)NC(COP(=O)([O-])OCC[N+](C)(C)C)C(/C=C\CCCCCCCCCCCCC)OC(=O)CCCCCCCCCCCCCCCCCCCCCCCCCCC. The summed E-state index contributed by atoms with van der Waals surface area (Å²) in [5.74, 6) is -0.534. The van der Waals surface area contributed by atoms with E-state index in [2.05, 4.69) is 50.4 Å². The minimum absolute atomic E-state index is 0.0216. The van der Waals surface area contributed by atoms with Gasteiger partial charge in [0.05, 0.1) is 33.8 Å². The fraction of sp³-hybridized carbons (Fsp3) is 0.882. The van der Waals surface area contributed by atoms with E-state index in [4.69, 9.17) is 13.8 Å². The molecule has 78 heavy (non-hydrogen) atoms. The van der Waals surface area contributed by atoms with Gasteiger partial charge in [0.15, 0.2) is 0 Å². The minimum atomic E-state index is -4.70. The number of phosphoric acid groups is 1. The molecule has 0 aromatic rings. The number of nitrogens with zero attached hydrogens (tertiary/aromatic N) is 1. The number of carbonyl (C=O) groups is 2. The van der Waals surface area contributed by atoms with Gasteiger partial charge >= 0.3 is 5.97 Å². The Balaban J connectivity index is 5.05. The summed E-state index contributed by atoms with van der Waals surface area (Å²) >= 11 is 0. The van der Waals surface area contributed by atoms with Crippen molar-refractivity contribution < 1.29 is 37.3 Å². The number of amides is 1. The molecule has 0 bridgehead atoms. The standard InChI is InChI=1S/C68H131N2O7P/c1-7-10-13-16-19-22-25-28-30-31-32-33-34-35-36-37-38-39-40-43-46-49-52-55-58-61-68(72)77-66(59-56-53-50-47-44-41-27-24-21-18-15-12-9-3)65(64-76-78(73,74)75-63-62-70(4,5)6)69-67(71)60-57-54-51-48-45-42-29-26-23-20-17-14-11-8-2/h11,14,20,23,56,59,65-66H,7-10,12-13,15-19,21-22,24-55,57-58,60-64H2,1-6H3,(H-,69,71,73,74)/b14-11+,23-20+,59-56-. The summed E-state index contributed by atoms with van der Waals surface area (Å²) in [6.45, 7) is 6.78. The Labute approximate surface area is 485 Å². The van der Waals surface area contributed by atoms with Crippen molar-refractivity contribution in [2.75, 3.05) is 40.9 Å². The quantitative estimate of drug-likeness (QED) is 0.0212. The van der Waals surface area contributed by atoms with Gasteiger partial charge in [0.2, 0.25) is 5.91 Å². The predicted molar refractivity (Wildman–Crippen MR) is 335 cm³/mol. The first-order valence-electron chi connectivity index (χ1n) is 33.8. The minimum Gasteiger partial charge on any atom is -0.756 e. The molecule has 0 saturated heterocycles. The monoisotopic (exact) mass is 1120 g/mol. The van der Waals surface area contributed by atoms with Crippen LogP contribution in [0.2, 0.25) is 0 Å². The van der Waals surface area contributed by atoms with E-state index in [0.717, 1.165) is 83.5 Å². The van der Waals surface area contributed by atoms with E-state index in [1.165, 1.54) is 218 Å². The lowest BCUT2D eigenvalue weighted by Gasteiger charge is -2.30. The molecule has 0 radical (unpaired) electrons. The van der Waals surface area contributed by atoms with Gasteiger partial charge in [0.25, 0.3) is 7.82 Å². The van der Waals surface area contributed by atoms with Gasteiger partial charge in [-0.25, -0.2) is 0 Å². The number of allylic oxidation sites excluding steroid dienone is 5. The second-order valence-corrected chi connectivity index (χ2v) is 25.7. The van der Waals surface area contributed by atoms with Crippen LogP contribution in [0.1, 0.15) is 335 Å². The van der Waals surface area contributed by atoms with Crippen molar-refractivity contribution in [2.45, 2.75) is 348 Å². The van der Waals surface area contributed by atoms with Gasteiger partial charge in [-0.1, -0.05) is 302 Å². The van der Waals surface area contributed by atoms with Crippen LogP contribution in [-0.4, -0.2) is 69.4 Å². The van der Waals surface area contributed by atoms with E-state index in [1.807, 2.05) is 33.3 Å². The van der Waals surface area contributed by atoms with Gasteiger partial charge in [-0.15, -0.1) is 0 Å². The lowest BCUT2D eigenvalue weighted by Crippen LogP contribution is -2.47. The topological polar surface area (TPSA) is 114 Å². The van der Waals surface area contributed by atoms with E-state index >= 15 is 0 Å². The van der Waals surface area contributed by atoms with Crippen LogP contribution in [-0.2, 0) is 27.9 Å². The van der Waals surface area contributed by atoms with Crippen LogP contribution in [0.5, 0.6) is 0 Å². The second kappa shape index (κ2) is 58.4. The molecule has 0 saturated carbocycles. The summed E-state index contributed by atoms with van der Waals surface area (Å²) in [5.41, 5.74) is 0. The van der Waals surface area contributed by atoms with Gasteiger partial charge in [-0.05, 0) is 57.4 Å². The Bertz CT molecular complexity index is 1430. The van der Waals surface area contributed by atoms with Crippen molar-refractivity contribution in [3.05, 3.63) is 36.5 Å². The molecule has 460 valence electrons. The van der Waals surface area contributed by atoms with Gasteiger partial charge in [-0.3, -0.25) is 14.2 Å². The number of ether oxygens (including phenoxy) is 1. The number of esters is 1. The van der Waals surface area contributed by atoms with Gasteiger partial charge in [0, 0.05) is 12.8 Å². The zero-order valence-corrected chi connectivity index (χ0v) is 53.5. The van der Waals surface area contributed by atoms with Crippen LogP contribution in [0, 0.1) is 0 Å². The normalized spacial score (nSPS) is 13.8. The lowest BCUT2D eigenvalue weighted by atomic mass is 10.0. The maximum atomic E-state index is 13.5. The highest BCUT2D eigenvalue weighted by atomic mass is 31.2. The number of likely N-dealkylation sites (N-methyl/N-ethyl adjacent to an activating group) is 1. The fourth-order valence-electron chi connectivity index (χ4n) is 10.2. The molecular formula is C68H131N2O7P. The maximum Gasteiger partial charge on any atom is 0.306 e. The van der Waals surface area contributed by atoms with Crippen molar-refractivity contribution in [3.8, 4) is 0 Å².